The third kappa shape index (κ3) is 2.31. The summed E-state index contributed by atoms with van der Waals surface area (Å²) in [4.78, 5) is 10.8. The number of benzene rings is 1. The van der Waals surface area contributed by atoms with E-state index in [4.69, 9.17) is 5.11 Å². The maximum Gasteiger partial charge on any atom is 0.434 e. The summed E-state index contributed by atoms with van der Waals surface area (Å²) in [6.07, 6.45) is -4.31. The fourth-order valence-electron chi connectivity index (χ4n) is 1.77. The van der Waals surface area contributed by atoms with Gasteiger partial charge in [-0.3, -0.25) is 0 Å². The second-order valence-corrected chi connectivity index (χ2v) is 4.11. The number of carboxylic acid groups (broad SMARTS) is 1. The van der Waals surface area contributed by atoms with E-state index in [1.807, 2.05) is 0 Å². The molecule has 0 aliphatic carbocycles. The van der Waals surface area contributed by atoms with E-state index < -0.39 is 29.2 Å². The minimum atomic E-state index is -4.92. The van der Waals surface area contributed by atoms with Crippen molar-refractivity contribution in [2.75, 3.05) is 0 Å². The first kappa shape index (κ1) is 13.9. The third-order valence-corrected chi connectivity index (χ3v) is 2.63. The van der Waals surface area contributed by atoms with Gasteiger partial charge in [0.05, 0.1) is 6.20 Å². The zero-order valence-electron chi connectivity index (χ0n) is 10.1. The van der Waals surface area contributed by atoms with Gasteiger partial charge in [0.1, 0.15) is 17.0 Å². The molecule has 0 amide bonds. The Bertz CT molecular complexity index is 677. The lowest BCUT2D eigenvalue weighted by Gasteiger charge is -2.12. The van der Waals surface area contributed by atoms with Crippen LogP contribution in [0, 0.1) is 6.92 Å². The summed E-state index contributed by atoms with van der Waals surface area (Å²) < 4.78 is 39.4. The van der Waals surface area contributed by atoms with Gasteiger partial charge in [-0.15, -0.1) is 0 Å². The van der Waals surface area contributed by atoms with Crippen LogP contribution < -0.4 is 0 Å². The van der Waals surface area contributed by atoms with E-state index in [2.05, 4.69) is 5.10 Å². The molecule has 0 spiro atoms. The molecule has 2 rings (SSSR count). The number of aromatic hydroxyl groups is 1. The molecular weight excluding hydrogens is 277 g/mol. The number of phenols is 1. The molecule has 5 nitrogen and oxygen atoms in total. The lowest BCUT2D eigenvalue weighted by molar-refractivity contribution is -0.143. The summed E-state index contributed by atoms with van der Waals surface area (Å²) in [5.41, 5.74) is -2.01. The Balaban J connectivity index is 2.72. The van der Waals surface area contributed by atoms with Crippen molar-refractivity contribution in [3.05, 3.63) is 41.2 Å². The number of hydrogen-bond acceptors (Lipinski definition) is 3. The fraction of sp³-hybridized carbons (Fsp3) is 0.167. The molecule has 0 bridgehead atoms. The SMILES string of the molecule is Cc1ccc(-n2ncc(C(=O)O)c2C(F)(F)F)c(O)c1. The smallest absolute Gasteiger partial charge is 0.434 e. The molecular formula is C12H9F3N2O3. The summed E-state index contributed by atoms with van der Waals surface area (Å²) in [7, 11) is 0. The molecule has 0 aliphatic heterocycles. The number of phenolic OH excluding ortho intramolecular Hbond substituents is 1. The van der Waals surface area contributed by atoms with Crippen LogP contribution in [0.5, 0.6) is 5.75 Å². The van der Waals surface area contributed by atoms with E-state index >= 15 is 0 Å². The average molecular weight is 286 g/mol. The summed E-state index contributed by atoms with van der Waals surface area (Å²) in [5.74, 6) is -2.16. The standard InChI is InChI=1S/C12H9F3N2O3/c1-6-2-3-8(9(18)4-6)17-10(12(13,14)15)7(5-16-17)11(19)20/h2-5,18H,1H3,(H,19,20). The third-order valence-electron chi connectivity index (χ3n) is 2.63. The number of carbonyl (C=O) groups is 1. The molecule has 106 valence electrons. The highest BCUT2D eigenvalue weighted by atomic mass is 19.4. The number of aryl methyl sites for hydroxylation is 1. The van der Waals surface area contributed by atoms with Crippen LogP contribution in [0.15, 0.2) is 24.4 Å². The van der Waals surface area contributed by atoms with E-state index in [1.54, 1.807) is 6.92 Å². The van der Waals surface area contributed by atoms with Gasteiger partial charge >= 0.3 is 12.1 Å². The highest BCUT2D eigenvalue weighted by Crippen LogP contribution is 2.35. The topological polar surface area (TPSA) is 75.4 Å². The van der Waals surface area contributed by atoms with Crippen LogP contribution in [0.1, 0.15) is 21.6 Å². The van der Waals surface area contributed by atoms with Crippen LogP contribution in [0.4, 0.5) is 13.2 Å². The van der Waals surface area contributed by atoms with Gasteiger partial charge in [0.15, 0.2) is 5.69 Å². The van der Waals surface area contributed by atoms with Crippen LogP contribution >= 0.6 is 0 Å². The maximum absolute atomic E-state index is 13.0. The van der Waals surface area contributed by atoms with Gasteiger partial charge in [0.25, 0.3) is 0 Å². The van der Waals surface area contributed by atoms with Crippen LogP contribution in [-0.2, 0) is 6.18 Å². The van der Waals surface area contributed by atoms with Crippen molar-refractivity contribution in [2.45, 2.75) is 13.1 Å². The van der Waals surface area contributed by atoms with Crippen molar-refractivity contribution in [1.82, 2.24) is 9.78 Å². The van der Waals surface area contributed by atoms with Gasteiger partial charge in [-0.2, -0.15) is 18.3 Å². The second-order valence-electron chi connectivity index (χ2n) is 4.11. The predicted octanol–water partition coefficient (Wildman–Crippen LogP) is 2.60. The molecule has 0 fully saturated rings. The molecule has 1 aromatic carbocycles. The summed E-state index contributed by atoms with van der Waals surface area (Å²) >= 11 is 0. The van der Waals surface area contributed by atoms with Crippen molar-refractivity contribution in [3.63, 3.8) is 0 Å². The number of carboxylic acids is 1. The Kier molecular flexibility index (Phi) is 3.16. The number of halogens is 3. The van der Waals surface area contributed by atoms with Gasteiger partial charge in [-0.1, -0.05) is 6.07 Å². The van der Waals surface area contributed by atoms with Crippen molar-refractivity contribution in [3.8, 4) is 11.4 Å². The summed E-state index contributed by atoms with van der Waals surface area (Å²) in [5, 5.41) is 21.9. The van der Waals surface area contributed by atoms with Crippen molar-refractivity contribution in [1.29, 1.82) is 0 Å². The lowest BCUT2D eigenvalue weighted by Crippen LogP contribution is -2.17. The van der Waals surface area contributed by atoms with E-state index in [0.717, 1.165) is 0 Å². The van der Waals surface area contributed by atoms with E-state index in [1.165, 1.54) is 18.2 Å². The first-order valence-corrected chi connectivity index (χ1v) is 5.40. The highest BCUT2D eigenvalue weighted by molar-refractivity contribution is 5.89. The molecule has 0 radical (unpaired) electrons. The second kappa shape index (κ2) is 4.55. The number of rotatable bonds is 2. The highest BCUT2D eigenvalue weighted by Gasteiger charge is 2.41. The Morgan fingerprint density at radius 1 is 1.35 bits per heavy atom. The van der Waals surface area contributed by atoms with E-state index in [9.17, 15) is 23.1 Å². The van der Waals surface area contributed by atoms with Gasteiger partial charge in [-0.05, 0) is 24.6 Å². The molecule has 1 heterocycles. The molecule has 2 aromatic rings. The number of aromatic nitrogens is 2. The largest absolute Gasteiger partial charge is 0.506 e. The van der Waals surface area contributed by atoms with Crippen LogP contribution in [0.2, 0.25) is 0 Å². The molecule has 0 saturated heterocycles. The zero-order chi connectivity index (χ0) is 15.1. The van der Waals surface area contributed by atoms with Gasteiger partial charge in [-0.25, -0.2) is 9.48 Å². The Morgan fingerprint density at radius 3 is 2.50 bits per heavy atom. The zero-order valence-corrected chi connectivity index (χ0v) is 10.1. The molecule has 20 heavy (non-hydrogen) atoms. The fourth-order valence-corrected chi connectivity index (χ4v) is 1.77. The Labute approximate surface area is 110 Å². The molecule has 0 unspecified atom stereocenters. The van der Waals surface area contributed by atoms with Crippen LogP contribution in [-0.4, -0.2) is 26.0 Å². The number of hydrogen-bond donors (Lipinski definition) is 2. The van der Waals surface area contributed by atoms with E-state index in [-0.39, 0.29) is 5.69 Å². The summed E-state index contributed by atoms with van der Waals surface area (Å²) in [6.45, 7) is 1.65. The van der Waals surface area contributed by atoms with Crippen molar-refractivity contribution >= 4 is 5.97 Å². The quantitative estimate of drug-likeness (QED) is 0.889. The minimum absolute atomic E-state index is 0.240. The molecule has 0 atom stereocenters. The van der Waals surface area contributed by atoms with Crippen molar-refractivity contribution < 1.29 is 28.2 Å². The Morgan fingerprint density at radius 2 is 2.00 bits per heavy atom. The molecule has 8 heteroatoms. The molecule has 1 aromatic heterocycles. The molecule has 0 aliphatic rings. The number of nitrogens with zero attached hydrogens (tertiary/aromatic N) is 2. The summed E-state index contributed by atoms with van der Waals surface area (Å²) in [6, 6.07) is 3.98. The van der Waals surface area contributed by atoms with Gasteiger partial charge in [0.2, 0.25) is 0 Å². The van der Waals surface area contributed by atoms with Crippen LogP contribution in [0.25, 0.3) is 5.69 Å². The van der Waals surface area contributed by atoms with Gasteiger partial charge < -0.3 is 10.2 Å². The van der Waals surface area contributed by atoms with Crippen molar-refractivity contribution in [2.24, 2.45) is 0 Å². The first-order valence-electron chi connectivity index (χ1n) is 5.40. The van der Waals surface area contributed by atoms with Gasteiger partial charge in [0, 0.05) is 0 Å². The monoisotopic (exact) mass is 286 g/mol. The normalized spacial score (nSPS) is 11.6. The Hall–Kier alpha value is -2.51. The minimum Gasteiger partial charge on any atom is -0.506 e. The lowest BCUT2D eigenvalue weighted by atomic mass is 10.2. The molecule has 2 N–H and O–H groups in total. The first-order chi connectivity index (χ1) is 9.21. The predicted molar refractivity (Wildman–Crippen MR) is 61.9 cm³/mol. The van der Waals surface area contributed by atoms with E-state index in [0.29, 0.717) is 16.4 Å². The van der Waals surface area contributed by atoms with Crippen LogP contribution in [0.3, 0.4) is 0 Å². The average Bonchev–Trinajstić information content (AvgIpc) is 2.73. The maximum atomic E-state index is 13.0. The molecule has 0 saturated carbocycles. The number of aromatic carboxylic acids is 1. The number of alkyl halides is 3.